The fourth-order valence-electron chi connectivity index (χ4n) is 2.30. The number of hydrogen-bond acceptors (Lipinski definition) is 5. The molecular weight excluding hydrogens is 312 g/mol. The van der Waals surface area contributed by atoms with Gasteiger partial charge in [-0.3, -0.25) is 4.79 Å². The van der Waals surface area contributed by atoms with Crippen LogP contribution in [0.1, 0.15) is 21.1 Å². The van der Waals surface area contributed by atoms with Gasteiger partial charge in [-0.15, -0.1) is 11.3 Å². The molecule has 1 N–H and O–H groups in total. The lowest BCUT2D eigenvalue weighted by Crippen LogP contribution is -2.09. The van der Waals surface area contributed by atoms with Crippen LogP contribution < -0.4 is 10.1 Å². The van der Waals surface area contributed by atoms with E-state index < -0.39 is 0 Å². The SMILES string of the molecule is COc1ccc(NC(=O)c2ccc(-c3c(C)noc3C)s2)cc1. The van der Waals surface area contributed by atoms with E-state index in [0.717, 1.165) is 33.3 Å². The minimum atomic E-state index is -0.141. The smallest absolute Gasteiger partial charge is 0.265 e. The number of amides is 1. The molecule has 0 aliphatic rings. The van der Waals surface area contributed by atoms with Crippen molar-refractivity contribution in [1.82, 2.24) is 5.16 Å². The van der Waals surface area contributed by atoms with Gasteiger partial charge in [-0.05, 0) is 50.2 Å². The molecule has 0 saturated carbocycles. The van der Waals surface area contributed by atoms with Crippen molar-refractivity contribution in [2.24, 2.45) is 0 Å². The molecule has 0 atom stereocenters. The summed E-state index contributed by atoms with van der Waals surface area (Å²) < 4.78 is 10.3. The van der Waals surface area contributed by atoms with Crippen molar-refractivity contribution in [3.05, 3.63) is 52.7 Å². The molecule has 0 fully saturated rings. The minimum absolute atomic E-state index is 0.141. The van der Waals surface area contributed by atoms with Crippen LogP contribution in [0.5, 0.6) is 5.75 Å². The van der Waals surface area contributed by atoms with E-state index in [1.165, 1.54) is 11.3 Å². The molecule has 6 heteroatoms. The molecule has 23 heavy (non-hydrogen) atoms. The van der Waals surface area contributed by atoms with E-state index in [2.05, 4.69) is 10.5 Å². The Balaban J connectivity index is 1.78. The van der Waals surface area contributed by atoms with Crippen LogP contribution in [-0.2, 0) is 0 Å². The molecule has 1 amide bonds. The highest BCUT2D eigenvalue weighted by atomic mass is 32.1. The van der Waals surface area contributed by atoms with Gasteiger partial charge in [-0.1, -0.05) is 5.16 Å². The second-order valence-electron chi connectivity index (χ2n) is 5.05. The summed E-state index contributed by atoms with van der Waals surface area (Å²) in [4.78, 5) is 14.0. The summed E-state index contributed by atoms with van der Waals surface area (Å²) in [5.74, 6) is 1.37. The van der Waals surface area contributed by atoms with Crippen molar-refractivity contribution < 1.29 is 14.1 Å². The maximum absolute atomic E-state index is 12.4. The molecule has 2 aromatic heterocycles. The van der Waals surface area contributed by atoms with E-state index in [1.807, 2.05) is 26.0 Å². The van der Waals surface area contributed by atoms with Crippen LogP contribution in [0.3, 0.4) is 0 Å². The molecule has 2 heterocycles. The number of benzene rings is 1. The van der Waals surface area contributed by atoms with E-state index in [9.17, 15) is 4.79 Å². The fraction of sp³-hybridized carbons (Fsp3) is 0.176. The van der Waals surface area contributed by atoms with Crippen LogP contribution in [0.4, 0.5) is 5.69 Å². The first-order valence-electron chi connectivity index (χ1n) is 7.07. The monoisotopic (exact) mass is 328 g/mol. The van der Waals surface area contributed by atoms with Crippen molar-refractivity contribution in [1.29, 1.82) is 0 Å². The van der Waals surface area contributed by atoms with Crippen molar-refractivity contribution in [3.63, 3.8) is 0 Å². The molecule has 0 saturated heterocycles. The number of carbonyl (C=O) groups excluding carboxylic acids is 1. The summed E-state index contributed by atoms with van der Waals surface area (Å²) in [5, 5.41) is 6.82. The molecule has 0 spiro atoms. The van der Waals surface area contributed by atoms with E-state index in [-0.39, 0.29) is 5.91 Å². The van der Waals surface area contributed by atoms with Gasteiger partial charge < -0.3 is 14.6 Å². The van der Waals surface area contributed by atoms with Crippen molar-refractivity contribution in [3.8, 4) is 16.2 Å². The van der Waals surface area contributed by atoms with Gasteiger partial charge in [0.1, 0.15) is 11.5 Å². The molecule has 118 valence electrons. The Hall–Kier alpha value is -2.60. The molecule has 3 aromatic rings. The van der Waals surface area contributed by atoms with Crippen molar-refractivity contribution >= 4 is 22.9 Å². The first-order chi connectivity index (χ1) is 11.1. The Morgan fingerprint density at radius 3 is 2.52 bits per heavy atom. The number of methoxy groups -OCH3 is 1. The minimum Gasteiger partial charge on any atom is -0.497 e. The topological polar surface area (TPSA) is 64.4 Å². The number of thiophene rings is 1. The first-order valence-corrected chi connectivity index (χ1v) is 7.88. The zero-order chi connectivity index (χ0) is 16.4. The van der Waals surface area contributed by atoms with Crippen molar-refractivity contribution in [2.75, 3.05) is 12.4 Å². The van der Waals surface area contributed by atoms with Crippen LogP contribution in [0.25, 0.3) is 10.4 Å². The van der Waals surface area contributed by atoms with E-state index in [1.54, 1.807) is 31.4 Å². The summed E-state index contributed by atoms with van der Waals surface area (Å²) in [6.45, 7) is 3.76. The summed E-state index contributed by atoms with van der Waals surface area (Å²) in [6, 6.07) is 10.9. The first kappa shape index (κ1) is 15.3. The molecule has 0 aliphatic carbocycles. The summed E-state index contributed by atoms with van der Waals surface area (Å²) in [5.41, 5.74) is 2.51. The number of rotatable bonds is 4. The third-order valence-corrected chi connectivity index (χ3v) is 4.56. The predicted octanol–water partition coefficient (Wildman–Crippen LogP) is 4.28. The molecule has 3 rings (SSSR count). The number of aromatic nitrogens is 1. The second-order valence-corrected chi connectivity index (χ2v) is 6.13. The predicted molar refractivity (Wildman–Crippen MR) is 90.2 cm³/mol. The highest BCUT2D eigenvalue weighted by Gasteiger charge is 2.16. The Kier molecular flexibility index (Phi) is 4.16. The van der Waals surface area contributed by atoms with Gasteiger partial charge in [0.2, 0.25) is 0 Å². The number of aryl methyl sites for hydroxylation is 2. The molecule has 0 bridgehead atoms. The highest BCUT2D eigenvalue weighted by molar-refractivity contribution is 7.17. The quantitative estimate of drug-likeness (QED) is 0.776. The zero-order valence-corrected chi connectivity index (χ0v) is 13.9. The summed E-state index contributed by atoms with van der Waals surface area (Å²) >= 11 is 1.42. The summed E-state index contributed by atoms with van der Waals surface area (Å²) in [7, 11) is 1.61. The average Bonchev–Trinajstić information content (AvgIpc) is 3.15. The van der Waals surface area contributed by atoms with Crippen LogP contribution in [0.2, 0.25) is 0 Å². The Bertz CT molecular complexity index is 814. The van der Waals surface area contributed by atoms with Gasteiger partial charge in [0.25, 0.3) is 5.91 Å². The standard InChI is InChI=1S/C17H16N2O3S/c1-10-16(11(2)22-19-10)14-8-9-15(23-14)17(20)18-12-4-6-13(21-3)7-5-12/h4-9H,1-3H3,(H,18,20). The molecule has 0 radical (unpaired) electrons. The number of ether oxygens (including phenoxy) is 1. The lowest BCUT2D eigenvalue weighted by Gasteiger charge is -2.04. The maximum atomic E-state index is 12.4. The summed E-state index contributed by atoms with van der Waals surface area (Å²) in [6.07, 6.45) is 0. The van der Waals surface area contributed by atoms with Crippen LogP contribution in [0.15, 0.2) is 40.9 Å². The van der Waals surface area contributed by atoms with Crippen LogP contribution in [0, 0.1) is 13.8 Å². The van der Waals surface area contributed by atoms with Gasteiger partial charge >= 0.3 is 0 Å². The molecule has 5 nitrogen and oxygen atoms in total. The van der Waals surface area contributed by atoms with E-state index in [4.69, 9.17) is 9.26 Å². The van der Waals surface area contributed by atoms with Crippen molar-refractivity contribution in [2.45, 2.75) is 13.8 Å². The third kappa shape index (κ3) is 3.12. The number of nitrogens with zero attached hydrogens (tertiary/aromatic N) is 1. The third-order valence-electron chi connectivity index (χ3n) is 3.46. The number of carbonyl (C=O) groups is 1. The van der Waals surface area contributed by atoms with Crippen LogP contribution in [-0.4, -0.2) is 18.2 Å². The Morgan fingerprint density at radius 1 is 1.17 bits per heavy atom. The Morgan fingerprint density at radius 2 is 1.91 bits per heavy atom. The van der Waals surface area contributed by atoms with Gasteiger partial charge in [0, 0.05) is 10.6 Å². The van der Waals surface area contributed by atoms with Gasteiger partial charge in [-0.25, -0.2) is 0 Å². The lowest BCUT2D eigenvalue weighted by molar-refractivity contribution is 0.103. The lowest BCUT2D eigenvalue weighted by atomic mass is 10.2. The number of anilines is 1. The maximum Gasteiger partial charge on any atom is 0.265 e. The van der Waals surface area contributed by atoms with Gasteiger partial charge in [0.15, 0.2) is 0 Å². The zero-order valence-electron chi connectivity index (χ0n) is 13.0. The highest BCUT2D eigenvalue weighted by Crippen LogP contribution is 2.33. The fourth-order valence-corrected chi connectivity index (χ4v) is 3.34. The molecule has 0 aliphatic heterocycles. The van der Waals surface area contributed by atoms with Gasteiger partial charge in [0.05, 0.1) is 23.2 Å². The van der Waals surface area contributed by atoms with Gasteiger partial charge in [-0.2, -0.15) is 0 Å². The van der Waals surface area contributed by atoms with Crippen LogP contribution >= 0.6 is 11.3 Å². The number of nitrogens with one attached hydrogen (secondary N) is 1. The normalized spacial score (nSPS) is 10.6. The Labute approximate surface area is 137 Å². The molecule has 0 unspecified atom stereocenters. The van der Waals surface area contributed by atoms with E-state index in [0.29, 0.717) is 4.88 Å². The van der Waals surface area contributed by atoms with E-state index >= 15 is 0 Å². The molecule has 1 aromatic carbocycles. The second kappa shape index (κ2) is 6.26. The largest absolute Gasteiger partial charge is 0.497 e. The number of hydrogen-bond donors (Lipinski definition) is 1. The molecular formula is C17H16N2O3S. The average molecular weight is 328 g/mol.